The van der Waals surface area contributed by atoms with Gasteiger partial charge in [0.25, 0.3) is 0 Å². The van der Waals surface area contributed by atoms with Gasteiger partial charge >= 0.3 is 5.69 Å². The van der Waals surface area contributed by atoms with E-state index in [-0.39, 0.29) is 22.4 Å². The molecule has 0 aliphatic heterocycles. The molecule has 1 aromatic heterocycles. The second kappa shape index (κ2) is 7.74. The summed E-state index contributed by atoms with van der Waals surface area (Å²) < 4.78 is 40.2. The fourth-order valence-corrected chi connectivity index (χ4v) is 3.51. The third kappa shape index (κ3) is 5.35. The predicted octanol–water partition coefficient (Wildman–Crippen LogP) is 1.29. The molecule has 1 heterocycles. The lowest BCUT2D eigenvalue weighted by Crippen LogP contribution is -2.26. The summed E-state index contributed by atoms with van der Waals surface area (Å²) in [6.45, 7) is -0.285. The minimum Gasteiger partial charge on any atom is -0.491 e. The lowest BCUT2D eigenvalue weighted by Gasteiger charge is -2.13. The Kier molecular flexibility index (Phi) is 5.89. The standard InChI is InChI=1S/C13H14FN3O6S2/c14-8-1-3-10(4-2-8)23-7-9(18)6-16-13-11(17(19)20)5-12(24-13)25(15,21)22/h1-5,9,16,18H,6-7H2,(H2,15,21,22)/t9-/m0/s1. The van der Waals surface area contributed by atoms with Gasteiger partial charge in [0, 0.05) is 12.6 Å². The summed E-state index contributed by atoms with van der Waals surface area (Å²) in [6.07, 6.45) is -1.05. The van der Waals surface area contributed by atoms with Crippen LogP contribution < -0.4 is 15.2 Å². The Labute approximate surface area is 146 Å². The number of ether oxygens (including phenoxy) is 1. The van der Waals surface area contributed by atoms with Crippen LogP contribution in [0.5, 0.6) is 5.75 Å². The number of sulfonamides is 1. The van der Waals surface area contributed by atoms with E-state index in [2.05, 4.69) is 5.32 Å². The molecule has 0 fully saturated rings. The molecule has 0 aliphatic carbocycles. The van der Waals surface area contributed by atoms with Crippen LogP contribution >= 0.6 is 11.3 Å². The average molecular weight is 391 g/mol. The second-order valence-corrected chi connectivity index (χ2v) is 7.72. The molecule has 1 aromatic carbocycles. The predicted molar refractivity (Wildman–Crippen MR) is 88.7 cm³/mol. The number of halogens is 1. The molecule has 25 heavy (non-hydrogen) atoms. The molecular weight excluding hydrogens is 377 g/mol. The van der Waals surface area contributed by atoms with Gasteiger partial charge < -0.3 is 15.2 Å². The van der Waals surface area contributed by atoms with Crippen LogP contribution in [-0.4, -0.2) is 37.7 Å². The Morgan fingerprint density at radius 2 is 2.04 bits per heavy atom. The number of nitro groups is 1. The van der Waals surface area contributed by atoms with Gasteiger partial charge in [-0.1, -0.05) is 11.3 Å². The molecule has 4 N–H and O–H groups in total. The van der Waals surface area contributed by atoms with E-state index in [4.69, 9.17) is 9.88 Å². The number of aliphatic hydroxyl groups is 1. The van der Waals surface area contributed by atoms with Gasteiger partial charge in [0.05, 0.1) is 4.92 Å². The number of nitrogens with zero attached hydrogens (tertiary/aromatic N) is 1. The zero-order chi connectivity index (χ0) is 18.6. The fourth-order valence-electron chi connectivity index (χ4n) is 1.75. The Morgan fingerprint density at radius 3 is 2.60 bits per heavy atom. The minimum atomic E-state index is -4.07. The smallest absolute Gasteiger partial charge is 0.304 e. The highest BCUT2D eigenvalue weighted by atomic mass is 32.2. The fraction of sp³-hybridized carbons (Fsp3) is 0.231. The average Bonchev–Trinajstić information content (AvgIpc) is 2.97. The van der Waals surface area contributed by atoms with Crippen LogP contribution in [0.2, 0.25) is 0 Å². The van der Waals surface area contributed by atoms with Crippen LogP contribution in [0.3, 0.4) is 0 Å². The van der Waals surface area contributed by atoms with Gasteiger partial charge in [0.2, 0.25) is 10.0 Å². The topological polar surface area (TPSA) is 145 Å². The summed E-state index contributed by atoms with van der Waals surface area (Å²) in [7, 11) is -4.07. The lowest BCUT2D eigenvalue weighted by atomic mass is 10.3. The van der Waals surface area contributed by atoms with Gasteiger partial charge in [-0.25, -0.2) is 17.9 Å². The first kappa shape index (κ1) is 19.1. The molecule has 1 atom stereocenters. The number of hydrogen-bond donors (Lipinski definition) is 3. The number of hydrogen-bond acceptors (Lipinski definition) is 8. The molecular formula is C13H14FN3O6S2. The van der Waals surface area contributed by atoms with Crippen molar-refractivity contribution in [2.24, 2.45) is 5.14 Å². The molecule has 0 bridgehead atoms. The van der Waals surface area contributed by atoms with Gasteiger partial charge in [0.1, 0.15) is 28.5 Å². The van der Waals surface area contributed by atoms with E-state index < -0.39 is 32.6 Å². The highest BCUT2D eigenvalue weighted by Gasteiger charge is 2.24. The van der Waals surface area contributed by atoms with Crippen molar-refractivity contribution in [1.82, 2.24) is 0 Å². The van der Waals surface area contributed by atoms with Gasteiger partial charge in [-0.05, 0) is 24.3 Å². The summed E-state index contributed by atoms with van der Waals surface area (Å²) in [5.74, 6) is -0.0794. The SMILES string of the molecule is NS(=O)(=O)c1cc([N+](=O)[O-])c(NC[C@H](O)COc2ccc(F)cc2)s1. The first-order valence-corrected chi connectivity index (χ1v) is 9.14. The van der Waals surface area contributed by atoms with Crippen LogP contribution in [0.1, 0.15) is 0 Å². The number of aliphatic hydroxyl groups excluding tert-OH is 1. The van der Waals surface area contributed by atoms with Crippen molar-refractivity contribution in [3.8, 4) is 5.75 Å². The summed E-state index contributed by atoms with van der Waals surface area (Å²) in [5, 5.41) is 28.3. The van der Waals surface area contributed by atoms with E-state index in [9.17, 15) is 28.0 Å². The van der Waals surface area contributed by atoms with Gasteiger partial charge in [-0.2, -0.15) is 0 Å². The number of nitrogens with two attached hydrogens (primary N) is 1. The molecule has 136 valence electrons. The van der Waals surface area contributed by atoms with E-state index in [1.807, 2.05) is 0 Å². The summed E-state index contributed by atoms with van der Waals surface area (Å²) in [4.78, 5) is 10.2. The van der Waals surface area contributed by atoms with Crippen LogP contribution in [-0.2, 0) is 10.0 Å². The van der Waals surface area contributed by atoms with Crippen molar-refractivity contribution in [2.75, 3.05) is 18.5 Å². The van der Waals surface area contributed by atoms with Crippen LogP contribution in [0.4, 0.5) is 15.1 Å². The van der Waals surface area contributed by atoms with Crippen LogP contribution in [0.25, 0.3) is 0 Å². The molecule has 9 nitrogen and oxygen atoms in total. The number of benzene rings is 1. The van der Waals surface area contributed by atoms with Gasteiger partial charge in [-0.3, -0.25) is 10.1 Å². The Balaban J connectivity index is 1.96. The molecule has 0 saturated carbocycles. The Bertz CT molecular complexity index is 853. The molecule has 0 amide bonds. The first-order chi connectivity index (χ1) is 11.7. The molecule has 0 radical (unpaired) electrons. The van der Waals surface area contributed by atoms with Crippen LogP contribution in [0.15, 0.2) is 34.5 Å². The molecule has 0 unspecified atom stereocenters. The summed E-state index contributed by atoms with van der Waals surface area (Å²) >= 11 is 0.593. The molecule has 0 spiro atoms. The molecule has 0 aliphatic rings. The van der Waals surface area contributed by atoms with E-state index in [1.165, 1.54) is 24.3 Å². The van der Waals surface area contributed by atoms with Crippen molar-refractivity contribution < 1.29 is 27.6 Å². The number of thiophene rings is 1. The second-order valence-electron chi connectivity index (χ2n) is 4.88. The largest absolute Gasteiger partial charge is 0.491 e. The lowest BCUT2D eigenvalue weighted by molar-refractivity contribution is -0.383. The van der Waals surface area contributed by atoms with Crippen molar-refractivity contribution in [1.29, 1.82) is 0 Å². The maximum Gasteiger partial charge on any atom is 0.304 e. The highest BCUT2D eigenvalue weighted by Crippen LogP contribution is 2.36. The summed E-state index contributed by atoms with van der Waals surface area (Å²) in [5.41, 5.74) is -0.458. The van der Waals surface area contributed by atoms with Crippen molar-refractivity contribution in [3.05, 3.63) is 46.3 Å². The maximum absolute atomic E-state index is 12.8. The van der Waals surface area contributed by atoms with E-state index in [0.29, 0.717) is 17.1 Å². The summed E-state index contributed by atoms with van der Waals surface area (Å²) in [6, 6.07) is 6.02. The third-order valence-electron chi connectivity index (χ3n) is 2.92. The number of anilines is 1. The molecule has 0 saturated heterocycles. The van der Waals surface area contributed by atoms with Gasteiger partial charge in [0.15, 0.2) is 5.00 Å². The highest BCUT2D eigenvalue weighted by molar-refractivity contribution is 7.91. The molecule has 12 heteroatoms. The van der Waals surface area contributed by atoms with E-state index in [0.717, 1.165) is 6.07 Å². The number of nitrogens with one attached hydrogen (secondary N) is 1. The van der Waals surface area contributed by atoms with E-state index in [1.54, 1.807) is 0 Å². The molecule has 2 rings (SSSR count). The first-order valence-electron chi connectivity index (χ1n) is 6.78. The number of primary sulfonamides is 1. The van der Waals surface area contributed by atoms with Crippen LogP contribution in [0, 0.1) is 15.9 Å². The maximum atomic E-state index is 12.8. The van der Waals surface area contributed by atoms with Crippen molar-refractivity contribution in [2.45, 2.75) is 10.3 Å². The molecule has 2 aromatic rings. The zero-order valence-corrected chi connectivity index (χ0v) is 14.2. The Hall–Kier alpha value is -2.28. The zero-order valence-electron chi connectivity index (χ0n) is 12.6. The van der Waals surface area contributed by atoms with Gasteiger partial charge in [-0.15, -0.1) is 0 Å². The third-order valence-corrected chi connectivity index (χ3v) is 5.42. The normalized spacial score (nSPS) is 12.6. The monoisotopic (exact) mass is 391 g/mol. The van der Waals surface area contributed by atoms with Crippen molar-refractivity contribution >= 4 is 32.0 Å². The quantitative estimate of drug-likeness (QED) is 0.454. The Morgan fingerprint density at radius 1 is 1.40 bits per heavy atom. The minimum absolute atomic E-state index is 0.0464. The number of rotatable bonds is 8. The van der Waals surface area contributed by atoms with Crippen molar-refractivity contribution in [3.63, 3.8) is 0 Å². The van der Waals surface area contributed by atoms with E-state index >= 15 is 0 Å².